The van der Waals surface area contributed by atoms with Crippen molar-refractivity contribution in [2.24, 2.45) is 5.92 Å². The first kappa shape index (κ1) is 15.3. The molecular weight excluding hydrogens is 288 g/mol. The fraction of sp³-hybridized carbons (Fsp3) is 0.263. The molecule has 0 unspecified atom stereocenters. The lowest BCUT2D eigenvalue weighted by Crippen LogP contribution is -2.45. The molecular formula is C19H20N2O2. The highest BCUT2D eigenvalue weighted by molar-refractivity contribution is 6.05. The van der Waals surface area contributed by atoms with E-state index < -0.39 is 12.0 Å². The molecule has 2 N–H and O–H groups in total. The van der Waals surface area contributed by atoms with Gasteiger partial charge in [0.25, 0.3) is 0 Å². The zero-order valence-electron chi connectivity index (χ0n) is 13.3. The third-order valence-electron chi connectivity index (χ3n) is 4.43. The highest BCUT2D eigenvalue weighted by Crippen LogP contribution is 2.30. The molecule has 4 nitrogen and oxygen atoms in total. The van der Waals surface area contributed by atoms with Gasteiger partial charge in [-0.05, 0) is 18.1 Å². The maximum absolute atomic E-state index is 11.6. The molecule has 0 spiro atoms. The lowest BCUT2D eigenvalue weighted by molar-refractivity contribution is -0.310. The summed E-state index contributed by atoms with van der Waals surface area (Å²) in [6.45, 7) is 3.91. The van der Waals surface area contributed by atoms with E-state index in [-0.39, 0.29) is 5.92 Å². The number of hydrogen-bond donors (Lipinski definition) is 1. The number of pyridine rings is 1. The summed E-state index contributed by atoms with van der Waals surface area (Å²) in [6.07, 6.45) is 0.764. The van der Waals surface area contributed by atoms with Gasteiger partial charge < -0.3 is 15.2 Å². The van der Waals surface area contributed by atoms with Crippen LogP contribution in [0.15, 0.2) is 48.5 Å². The van der Waals surface area contributed by atoms with Crippen molar-refractivity contribution in [3.63, 3.8) is 0 Å². The summed E-state index contributed by atoms with van der Waals surface area (Å²) in [4.78, 5) is 15.0. The number of para-hydroxylation sites is 2. The lowest BCUT2D eigenvalue weighted by atomic mass is 9.98. The smallest absolute Gasteiger partial charge is 0.213 e. The highest BCUT2D eigenvalue weighted by atomic mass is 16.4. The number of anilines is 1. The van der Waals surface area contributed by atoms with E-state index in [2.05, 4.69) is 10.3 Å². The standard InChI is InChI=1S/C19H20N2O2/c1-3-12(2)17(19(22)23)21-18-13-8-4-6-10-15(13)20-16-11-7-5-9-14(16)18/h4-12,17H,3H2,1-2H3,(H,20,21)(H,22,23)/t12-,17+/m1/s1. The lowest BCUT2D eigenvalue weighted by Gasteiger charge is -2.27. The predicted octanol–water partition coefficient (Wildman–Crippen LogP) is 2.38. The second-order valence-corrected chi connectivity index (χ2v) is 5.92. The Morgan fingerprint density at radius 3 is 2.09 bits per heavy atom. The molecule has 0 aliphatic carbocycles. The molecule has 3 rings (SSSR count). The first-order valence-electron chi connectivity index (χ1n) is 7.92. The van der Waals surface area contributed by atoms with Crippen LogP contribution in [0.5, 0.6) is 0 Å². The number of aromatic amines is 1. The zero-order valence-corrected chi connectivity index (χ0v) is 13.3. The van der Waals surface area contributed by atoms with Gasteiger partial charge in [0, 0.05) is 12.1 Å². The summed E-state index contributed by atoms with van der Waals surface area (Å²) in [5.74, 6) is -1.10. The van der Waals surface area contributed by atoms with Crippen molar-refractivity contribution in [3.05, 3.63) is 48.5 Å². The van der Waals surface area contributed by atoms with Crippen molar-refractivity contribution in [1.82, 2.24) is 0 Å². The van der Waals surface area contributed by atoms with Gasteiger partial charge in [-0.1, -0.05) is 44.5 Å². The molecule has 0 saturated carbocycles. The fourth-order valence-electron chi connectivity index (χ4n) is 2.89. The van der Waals surface area contributed by atoms with Crippen LogP contribution in [-0.2, 0) is 4.79 Å². The summed E-state index contributed by atoms with van der Waals surface area (Å²) in [6, 6.07) is 15.1. The van der Waals surface area contributed by atoms with Gasteiger partial charge in [-0.3, -0.25) is 0 Å². The van der Waals surface area contributed by atoms with Crippen molar-refractivity contribution < 1.29 is 14.9 Å². The Bertz CT molecular complexity index is 806. The second-order valence-electron chi connectivity index (χ2n) is 5.92. The molecule has 1 aromatic heterocycles. The average molecular weight is 308 g/mol. The van der Waals surface area contributed by atoms with E-state index >= 15 is 0 Å². The molecule has 0 radical (unpaired) electrons. The van der Waals surface area contributed by atoms with Crippen molar-refractivity contribution >= 4 is 33.5 Å². The summed E-state index contributed by atoms with van der Waals surface area (Å²) in [7, 11) is 0. The Labute approximate surface area is 135 Å². The van der Waals surface area contributed by atoms with E-state index in [0.29, 0.717) is 0 Å². The maximum atomic E-state index is 11.6. The molecule has 0 aliphatic heterocycles. The topological polar surface area (TPSA) is 66.3 Å². The van der Waals surface area contributed by atoms with Crippen LogP contribution < -0.4 is 15.4 Å². The van der Waals surface area contributed by atoms with Crippen molar-refractivity contribution in [2.75, 3.05) is 5.32 Å². The molecule has 23 heavy (non-hydrogen) atoms. The van der Waals surface area contributed by atoms with Crippen LogP contribution >= 0.6 is 0 Å². The number of benzene rings is 2. The molecule has 118 valence electrons. The minimum Gasteiger partial charge on any atom is -0.548 e. The van der Waals surface area contributed by atoms with Crippen LogP contribution in [-0.4, -0.2) is 12.0 Å². The molecule has 0 fully saturated rings. The number of aromatic nitrogens is 1. The highest BCUT2D eigenvalue weighted by Gasteiger charge is 2.21. The number of nitrogens with one attached hydrogen (secondary N) is 2. The molecule has 0 amide bonds. The van der Waals surface area contributed by atoms with Gasteiger partial charge in [-0.15, -0.1) is 0 Å². The molecule has 0 saturated heterocycles. The Morgan fingerprint density at radius 1 is 1.09 bits per heavy atom. The van der Waals surface area contributed by atoms with Crippen LogP contribution in [0.1, 0.15) is 20.3 Å². The quantitative estimate of drug-likeness (QED) is 0.736. The van der Waals surface area contributed by atoms with Gasteiger partial charge >= 0.3 is 0 Å². The summed E-state index contributed by atoms with van der Waals surface area (Å²) < 4.78 is 0. The van der Waals surface area contributed by atoms with Crippen molar-refractivity contribution in [1.29, 1.82) is 0 Å². The Kier molecular flexibility index (Phi) is 4.15. The first-order chi connectivity index (χ1) is 11.1. The van der Waals surface area contributed by atoms with Gasteiger partial charge in [-0.25, -0.2) is 4.98 Å². The first-order valence-corrected chi connectivity index (χ1v) is 7.92. The van der Waals surface area contributed by atoms with Gasteiger partial charge in [0.05, 0.1) is 28.5 Å². The molecule has 0 aliphatic rings. The van der Waals surface area contributed by atoms with Crippen LogP contribution in [0.25, 0.3) is 21.8 Å². The normalized spacial score (nSPS) is 13.8. The monoisotopic (exact) mass is 308 g/mol. The second kappa shape index (κ2) is 6.24. The SMILES string of the molecule is CC[C@@H](C)[C@H](Nc1c2ccccc2[nH+]c2ccccc12)C(=O)[O-]. The van der Waals surface area contributed by atoms with Crippen LogP contribution in [0.2, 0.25) is 0 Å². The number of hydrogen-bond acceptors (Lipinski definition) is 3. The predicted molar refractivity (Wildman–Crippen MR) is 89.9 cm³/mol. The summed E-state index contributed by atoms with van der Waals surface area (Å²) in [5.41, 5.74) is 2.77. The number of H-pyrrole nitrogens is 1. The average Bonchev–Trinajstić information content (AvgIpc) is 2.57. The van der Waals surface area contributed by atoms with E-state index in [1.807, 2.05) is 62.4 Å². The number of carbonyl (C=O) groups excluding carboxylic acids is 1. The zero-order chi connectivity index (χ0) is 16.4. The maximum Gasteiger partial charge on any atom is 0.213 e. The third-order valence-corrected chi connectivity index (χ3v) is 4.43. The fourth-order valence-corrected chi connectivity index (χ4v) is 2.89. The van der Waals surface area contributed by atoms with Crippen molar-refractivity contribution in [2.45, 2.75) is 26.3 Å². The van der Waals surface area contributed by atoms with E-state index in [9.17, 15) is 9.90 Å². The van der Waals surface area contributed by atoms with Gasteiger partial charge in [-0.2, -0.15) is 0 Å². The van der Waals surface area contributed by atoms with Crippen molar-refractivity contribution in [3.8, 4) is 0 Å². The van der Waals surface area contributed by atoms with Gasteiger partial charge in [0.1, 0.15) is 0 Å². The number of rotatable bonds is 5. The van der Waals surface area contributed by atoms with E-state index in [1.165, 1.54) is 0 Å². The Morgan fingerprint density at radius 2 is 1.61 bits per heavy atom. The summed E-state index contributed by atoms with van der Waals surface area (Å²) in [5, 5.41) is 16.8. The number of carboxylic acids is 1. The third kappa shape index (κ3) is 2.84. The molecule has 4 heteroatoms. The molecule has 0 bridgehead atoms. The van der Waals surface area contributed by atoms with Gasteiger partial charge in [0.2, 0.25) is 11.0 Å². The molecule has 3 aromatic rings. The van der Waals surface area contributed by atoms with Crippen LogP contribution in [0, 0.1) is 5.92 Å². The minimum atomic E-state index is -1.07. The van der Waals surface area contributed by atoms with Crippen LogP contribution in [0.4, 0.5) is 5.69 Å². The molecule has 1 heterocycles. The molecule has 2 aromatic carbocycles. The largest absolute Gasteiger partial charge is 0.548 e. The number of carboxylic acid groups (broad SMARTS) is 1. The van der Waals surface area contributed by atoms with E-state index in [0.717, 1.165) is 33.9 Å². The summed E-state index contributed by atoms with van der Waals surface area (Å²) >= 11 is 0. The Balaban J connectivity index is 2.22. The molecule has 2 atom stereocenters. The number of fused-ring (bicyclic) bond motifs is 2. The number of aliphatic carboxylic acids is 1. The van der Waals surface area contributed by atoms with Gasteiger partial charge in [0.15, 0.2) is 0 Å². The Hall–Kier alpha value is -2.62. The van der Waals surface area contributed by atoms with E-state index in [1.54, 1.807) is 0 Å². The minimum absolute atomic E-state index is 0.0262. The number of carbonyl (C=O) groups is 1. The van der Waals surface area contributed by atoms with E-state index in [4.69, 9.17) is 0 Å². The van der Waals surface area contributed by atoms with Crippen LogP contribution in [0.3, 0.4) is 0 Å².